The van der Waals surface area contributed by atoms with Crippen molar-refractivity contribution in [2.45, 2.75) is 11.3 Å². The van der Waals surface area contributed by atoms with Crippen molar-refractivity contribution in [1.82, 2.24) is 0 Å². The van der Waals surface area contributed by atoms with Gasteiger partial charge in [-0.15, -0.1) is 0 Å². The number of carboxylic acids is 2. The summed E-state index contributed by atoms with van der Waals surface area (Å²) < 4.78 is 31.6. The zero-order valence-electron chi connectivity index (χ0n) is 15.8. The van der Waals surface area contributed by atoms with Gasteiger partial charge in [0, 0.05) is 5.69 Å². The minimum Gasteiger partial charge on any atom is -0.478 e. The first-order valence-corrected chi connectivity index (χ1v) is 10.0. The van der Waals surface area contributed by atoms with Gasteiger partial charge in [-0.25, -0.2) is 9.59 Å². The quantitative estimate of drug-likeness (QED) is 0.298. The average Bonchev–Trinajstić information content (AvgIpc) is 3.08. The van der Waals surface area contributed by atoms with Crippen molar-refractivity contribution in [2.24, 2.45) is 5.10 Å². The molecule has 0 aliphatic carbocycles. The molecule has 2 aromatic carbocycles. The van der Waals surface area contributed by atoms with Gasteiger partial charge in [-0.05, 0) is 36.4 Å². The van der Waals surface area contributed by atoms with Crippen molar-refractivity contribution in [1.29, 1.82) is 0 Å². The number of hydrazone groups is 1. The van der Waals surface area contributed by atoms with Crippen LogP contribution in [-0.2, 0) is 19.7 Å². The second kappa shape index (κ2) is 8.09. The monoisotopic (exact) mass is 462 g/mol. The molecule has 2 aromatic rings. The van der Waals surface area contributed by atoms with Gasteiger partial charge in [0.15, 0.2) is 0 Å². The van der Waals surface area contributed by atoms with Gasteiger partial charge < -0.3 is 21.3 Å². The van der Waals surface area contributed by atoms with E-state index in [-0.39, 0.29) is 22.8 Å². The second-order valence-corrected chi connectivity index (χ2v) is 7.84. The SMILES string of the molecule is Nc1cc(N2N=C(C(=O)Nc3ccc(C(=O)O)c(C(=O)O)c3)CC2=O)ccc1S(=O)(=O)O. The maximum absolute atomic E-state index is 12.5. The first kappa shape index (κ1) is 22.4. The van der Waals surface area contributed by atoms with Gasteiger partial charge in [-0.1, -0.05) is 0 Å². The molecule has 0 atom stereocenters. The highest BCUT2D eigenvalue weighted by Gasteiger charge is 2.30. The van der Waals surface area contributed by atoms with E-state index in [0.29, 0.717) is 0 Å². The van der Waals surface area contributed by atoms with Gasteiger partial charge in [0.05, 0.1) is 28.9 Å². The highest BCUT2D eigenvalue weighted by molar-refractivity contribution is 7.86. The lowest BCUT2D eigenvalue weighted by molar-refractivity contribution is -0.117. The number of benzene rings is 2. The smallest absolute Gasteiger partial charge is 0.336 e. The molecule has 1 aliphatic rings. The summed E-state index contributed by atoms with van der Waals surface area (Å²) >= 11 is 0. The number of carbonyl (C=O) groups excluding carboxylic acids is 2. The Bertz CT molecular complexity index is 1320. The van der Waals surface area contributed by atoms with Crippen molar-refractivity contribution in [2.75, 3.05) is 16.1 Å². The number of carboxylic acid groups (broad SMARTS) is 2. The zero-order chi connectivity index (χ0) is 23.8. The summed E-state index contributed by atoms with van der Waals surface area (Å²) in [7, 11) is -4.57. The summed E-state index contributed by atoms with van der Waals surface area (Å²) in [4.78, 5) is 46.6. The lowest BCUT2D eigenvalue weighted by Crippen LogP contribution is -2.22. The molecule has 0 bridgehead atoms. The van der Waals surface area contributed by atoms with Crippen LogP contribution in [-0.4, -0.2) is 52.6 Å². The normalized spacial score (nSPS) is 13.6. The number of amides is 2. The Hall–Kier alpha value is -4.30. The molecule has 13 nitrogen and oxygen atoms in total. The molecule has 0 fully saturated rings. The Morgan fingerprint density at radius 1 is 1.03 bits per heavy atom. The predicted octanol–water partition coefficient (Wildman–Crippen LogP) is 0.643. The molecule has 0 saturated heterocycles. The molecule has 0 unspecified atom stereocenters. The maximum Gasteiger partial charge on any atom is 0.336 e. The molecular weight excluding hydrogens is 448 g/mol. The highest BCUT2D eigenvalue weighted by atomic mass is 32.2. The Morgan fingerprint density at radius 2 is 1.69 bits per heavy atom. The largest absolute Gasteiger partial charge is 0.478 e. The zero-order valence-corrected chi connectivity index (χ0v) is 16.7. The standard InChI is InChI=1S/C18H14N4O9S/c19-12-6-9(2-4-14(12)32(29,30)31)22-15(23)7-13(21-22)16(24)20-8-1-3-10(17(25)26)11(5-8)18(27)28/h1-6H,7,19H2,(H,20,24)(H,25,26)(H,27,28)(H,29,30,31). The number of nitrogens with two attached hydrogens (primary N) is 1. The first-order chi connectivity index (χ1) is 14.9. The van der Waals surface area contributed by atoms with Gasteiger partial charge in [0.2, 0.25) is 0 Å². The average molecular weight is 462 g/mol. The van der Waals surface area contributed by atoms with E-state index in [1.54, 1.807) is 0 Å². The van der Waals surface area contributed by atoms with Crippen LogP contribution in [0.5, 0.6) is 0 Å². The van der Waals surface area contributed by atoms with Crippen LogP contribution in [0, 0.1) is 0 Å². The molecule has 0 spiro atoms. The van der Waals surface area contributed by atoms with E-state index < -0.39 is 56.3 Å². The Morgan fingerprint density at radius 3 is 2.25 bits per heavy atom. The highest BCUT2D eigenvalue weighted by Crippen LogP contribution is 2.27. The molecule has 0 radical (unpaired) electrons. The molecule has 14 heteroatoms. The summed E-state index contributed by atoms with van der Waals surface area (Å²) in [6.45, 7) is 0. The van der Waals surface area contributed by atoms with Gasteiger partial charge in [-0.3, -0.25) is 14.1 Å². The topological polar surface area (TPSA) is 217 Å². The molecule has 0 aromatic heterocycles. The van der Waals surface area contributed by atoms with E-state index in [2.05, 4.69) is 10.4 Å². The van der Waals surface area contributed by atoms with Crippen molar-refractivity contribution in [3.05, 3.63) is 47.5 Å². The van der Waals surface area contributed by atoms with Gasteiger partial charge in [0.1, 0.15) is 10.6 Å². The van der Waals surface area contributed by atoms with Crippen LogP contribution in [0.3, 0.4) is 0 Å². The molecule has 0 saturated carbocycles. The summed E-state index contributed by atoms with van der Waals surface area (Å²) in [6.07, 6.45) is -0.426. The van der Waals surface area contributed by atoms with Crippen LogP contribution < -0.4 is 16.1 Å². The summed E-state index contributed by atoms with van der Waals surface area (Å²) in [5.74, 6) is -4.45. The van der Waals surface area contributed by atoms with Crippen molar-refractivity contribution in [3.63, 3.8) is 0 Å². The molecule has 3 rings (SSSR count). The van der Waals surface area contributed by atoms with Crippen molar-refractivity contribution >= 4 is 56.6 Å². The minimum atomic E-state index is -4.57. The maximum atomic E-state index is 12.5. The van der Waals surface area contributed by atoms with Crippen molar-refractivity contribution in [3.8, 4) is 0 Å². The minimum absolute atomic E-state index is 0.0345. The Labute approximate surface area is 179 Å². The predicted molar refractivity (Wildman–Crippen MR) is 109 cm³/mol. The summed E-state index contributed by atoms with van der Waals surface area (Å²) in [5.41, 5.74) is 4.00. The van der Waals surface area contributed by atoms with Crippen LogP contribution in [0.25, 0.3) is 0 Å². The molecule has 1 aliphatic heterocycles. The van der Waals surface area contributed by atoms with Crippen LogP contribution >= 0.6 is 0 Å². The Kier molecular flexibility index (Phi) is 5.66. The van der Waals surface area contributed by atoms with E-state index in [0.717, 1.165) is 35.3 Å². The molecule has 1 heterocycles. The third-order valence-electron chi connectivity index (χ3n) is 4.29. The number of hydrogen-bond acceptors (Lipinski definition) is 8. The molecule has 6 N–H and O–H groups in total. The number of anilines is 3. The molecular formula is C18H14N4O9S. The number of aromatic carboxylic acids is 2. The van der Waals surface area contributed by atoms with Gasteiger partial charge >= 0.3 is 11.9 Å². The third-order valence-corrected chi connectivity index (χ3v) is 5.22. The van der Waals surface area contributed by atoms with Crippen LogP contribution in [0.1, 0.15) is 27.1 Å². The van der Waals surface area contributed by atoms with E-state index in [1.165, 1.54) is 6.07 Å². The fourth-order valence-electron chi connectivity index (χ4n) is 2.85. The fourth-order valence-corrected chi connectivity index (χ4v) is 3.45. The molecule has 166 valence electrons. The number of carbonyl (C=O) groups is 4. The molecule has 2 amide bonds. The van der Waals surface area contributed by atoms with E-state index in [4.69, 9.17) is 20.5 Å². The lowest BCUT2D eigenvalue weighted by Gasteiger charge is -2.13. The Balaban J connectivity index is 1.85. The number of nitrogens with zero attached hydrogens (tertiary/aromatic N) is 2. The summed E-state index contributed by atoms with van der Waals surface area (Å²) in [6, 6.07) is 6.35. The number of nitrogen functional groups attached to an aromatic ring is 1. The van der Waals surface area contributed by atoms with E-state index >= 15 is 0 Å². The number of nitrogens with one attached hydrogen (secondary N) is 1. The lowest BCUT2D eigenvalue weighted by atomic mass is 10.1. The number of hydrogen-bond donors (Lipinski definition) is 5. The number of rotatable bonds is 6. The first-order valence-electron chi connectivity index (χ1n) is 8.58. The van der Waals surface area contributed by atoms with E-state index in [1.807, 2.05) is 0 Å². The summed E-state index contributed by atoms with van der Waals surface area (Å²) in [5, 5.41) is 25.2. The van der Waals surface area contributed by atoms with Crippen LogP contribution in [0.4, 0.5) is 17.1 Å². The van der Waals surface area contributed by atoms with Crippen LogP contribution in [0.15, 0.2) is 46.4 Å². The third kappa shape index (κ3) is 4.40. The van der Waals surface area contributed by atoms with Crippen molar-refractivity contribution < 1.29 is 42.4 Å². The second-order valence-electron chi connectivity index (χ2n) is 6.45. The fraction of sp³-hybridized carbons (Fsp3) is 0.0556. The molecule has 32 heavy (non-hydrogen) atoms. The van der Waals surface area contributed by atoms with E-state index in [9.17, 15) is 27.6 Å². The van der Waals surface area contributed by atoms with Gasteiger partial charge in [0.25, 0.3) is 21.9 Å². The van der Waals surface area contributed by atoms with Gasteiger partial charge in [-0.2, -0.15) is 18.5 Å². The van der Waals surface area contributed by atoms with Crippen LogP contribution in [0.2, 0.25) is 0 Å².